The molecule has 1 nitrogen and oxygen atoms in total. The molecule has 20 heavy (non-hydrogen) atoms. The Balaban J connectivity index is 1.85. The molecule has 0 amide bonds. The summed E-state index contributed by atoms with van der Waals surface area (Å²) in [5, 5.41) is 2.54. The van der Waals surface area contributed by atoms with E-state index in [1.165, 1.54) is 16.3 Å². The molecule has 0 saturated heterocycles. The van der Waals surface area contributed by atoms with Crippen LogP contribution in [0.15, 0.2) is 77.8 Å². The fourth-order valence-electron chi connectivity index (χ4n) is 2.29. The third kappa shape index (κ3) is 2.77. The largest absolute Gasteiger partial charge is 0.285 e. The predicted octanol–water partition coefficient (Wildman–Crippen LogP) is 5.02. The van der Waals surface area contributed by atoms with Gasteiger partial charge < -0.3 is 0 Å². The molecule has 3 rings (SSSR count). The highest BCUT2D eigenvalue weighted by molar-refractivity contribution is 5.83. The Labute approximate surface area is 119 Å². The van der Waals surface area contributed by atoms with Gasteiger partial charge in [-0.15, -0.1) is 0 Å². The highest BCUT2D eigenvalue weighted by Crippen LogP contribution is 2.22. The Morgan fingerprint density at radius 3 is 2.30 bits per heavy atom. The third-order valence-corrected chi connectivity index (χ3v) is 3.50. The maximum absolute atomic E-state index is 4.65. The Hall–Kier alpha value is -2.41. The van der Waals surface area contributed by atoms with Crippen LogP contribution in [0, 0.1) is 0 Å². The Bertz CT molecular complexity index is 729. The summed E-state index contributed by atoms with van der Waals surface area (Å²) in [7, 11) is 0. The minimum Gasteiger partial charge on any atom is -0.285 e. The average Bonchev–Trinajstić information content (AvgIpc) is 2.53. The minimum atomic E-state index is 0.166. The van der Waals surface area contributed by atoms with Gasteiger partial charge in [-0.25, -0.2) is 0 Å². The van der Waals surface area contributed by atoms with Crippen molar-refractivity contribution < 1.29 is 0 Å². The highest BCUT2D eigenvalue weighted by atomic mass is 14.8. The molecule has 0 fully saturated rings. The van der Waals surface area contributed by atoms with Crippen molar-refractivity contribution in [3.8, 4) is 0 Å². The molecule has 0 saturated carbocycles. The van der Waals surface area contributed by atoms with Crippen molar-refractivity contribution in [1.82, 2.24) is 0 Å². The van der Waals surface area contributed by atoms with Crippen LogP contribution in [-0.4, -0.2) is 6.21 Å². The van der Waals surface area contributed by atoms with Gasteiger partial charge in [0, 0.05) is 6.21 Å². The van der Waals surface area contributed by atoms with Crippen LogP contribution in [0.1, 0.15) is 24.1 Å². The second kappa shape index (κ2) is 5.70. The zero-order chi connectivity index (χ0) is 13.8. The second-order valence-electron chi connectivity index (χ2n) is 4.97. The second-order valence-corrected chi connectivity index (χ2v) is 4.97. The molecule has 0 unspecified atom stereocenters. The van der Waals surface area contributed by atoms with E-state index in [9.17, 15) is 0 Å². The van der Waals surface area contributed by atoms with Crippen LogP contribution in [0.2, 0.25) is 0 Å². The number of aliphatic imine (C=N–C) groups is 1. The van der Waals surface area contributed by atoms with Crippen molar-refractivity contribution in [2.75, 3.05) is 0 Å². The van der Waals surface area contributed by atoms with Crippen molar-refractivity contribution >= 4 is 17.0 Å². The standard InChI is InChI=1S/C19H17N/c1-15(20-14-16-7-3-2-4-8-16)18-12-11-17-9-5-6-10-19(17)13-18/h2-15H,1H3/t15-/m1/s1. The van der Waals surface area contributed by atoms with Gasteiger partial charge in [-0.3, -0.25) is 4.99 Å². The molecule has 0 aliphatic rings. The van der Waals surface area contributed by atoms with Gasteiger partial charge in [-0.05, 0) is 34.9 Å². The van der Waals surface area contributed by atoms with Crippen LogP contribution < -0.4 is 0 Å². The normalized spacial score (nSPS) is 12.8. The first-order chi connectivity index (χ1) is 9.83. The Kier molecular flexibility index (Phi) is 3.60. The van der Waals surface area contributed by atoms with Crippen molar-refractivity contribution in [2.24, 2.45) is 4.99 Å². The molecule has 0 radical (unpaired) electrons. The van der Waals surface area contributed by atoms with Crippen molar-refractivity contribution in [3.05, 3.63) is 83.9 Å². The molecule has 1 heteroatoms. The first-order valence-electron chi connectivity index (χ1n) is 6.90. The van der Waals surface area contributed by atoms with E-state index in [4.69, 9.17) is 0 Å². The minimum absolute atomic E-state index is 0.166. The van der Waals surface area contributed by atoms with Gasteiger partial charge in [0.2, 0.25) is 0 Å². The number of hydrogen-bond acceptors (Lipinski definition) is 1. The molecule has 0 aromatic heterocycles. The first-order valence-corrected chi connectivity index (χ1v) is 6.90. The van der Waals surface area contributed by atoms with Crippen LogP contribution in [0.3, 0.4) is 0 Å². The maximum atomic E-state index is 4.65. The van der Waals surface area contributed by atoms with Crippen molar-refractivity contribution in [3.63, 3.8) is 0 Å². The number of hydrogen-bond donors (Lipinski definition) is 0. The summed E-state index contributed by atoms with van der Waals surface area (Å²) in [4.78, 5) is 4.65. The molecule has 1 atom stereocenters. The predicted molar refractivity (Wildman–Crippen MR) is 86.4 cm³/mol. The quantitative estimate of drug-likeness (QED) is 0.586. The summed E-state index contributed by atoms with van der Waals surface area (Å²) < 4.78 is 0. The van der Waals surface area contributed by atoms with Gasteiger partial charge in [0.15, 0.2) is 0 Å². The summed E-state index contributed by atoms with van der Waals surface area (Å²) >= 11 is 0. The maximum Gasteiger partial charge on any atom is 0.0721 e. The summed E-state index contributed by atoms with van der Waals surface area (Å²) in [6.45, 7) is 2.13. The molecule has 3 aromatic rings. The summed E-state index contributed by atoms with van der Waals surface area (Å²) in [6, 6.07) is 25.4. The Morgan fingerprint density at radius 1 is 0.800 bits per heavy atom. The zero-order valence-electron chi connectivity index (χ0n) is 11.5. The molecular weight excluding hydrogens is 242 g/mol. The molecule has 0 spiro atoms. The van der Waals surface area contributed by atoms with E-state index in [0.717, 1.165) is 5.56 Å². The zero-order valence-corrected chi connectivity index (χ0v) is 11.5. The molecule has 98 valence electrons. The molecule has 3 aromatic carbocycles. The van der Waals surface area contributed by atoms with Crippen molar-refractivity contribution in [2.45, 2.75) is 13.0 Å². The van der Waals surface area contributed by atoms with E-state index in [0.29, 0.717) is 0 Å². The molecule has 0 aliphatic carbocycles. The lowest BCUT2D eigenvalue weighted by molar-refractivity contribution is 0.827. The van der Waals surface area contributed by atoms with Crippen LogP contribution in [0.25, 0.3) is 10.8 Å². The van der Waals surface area contributed by atoms with Gasteiger partial charge in [-0.2, -0.15) is 0 Å². The van der Waals surface area contributed by atoms with E-state index < -0.39 is 0 Å². The van der Waals surface area contributed by atoms with Crippen molar-refractivity contribution in [1.29, 1.82) is 0 Å². The topological polar surface area (TPSA) is 12.4 Å². The monoisotopic (exact) mass is 259 g/mol. The number of rotatable bonds is 3. The van der Waals surface area contributed by atoms with Gasteiger partial charge >= 0.3 is 0 Å². The average molecular weight is 259 g/mol. The lowest BCUT2D eigenvalue weighted by atomic mass is 10.0. The first kappa shape index (κ1) is 12.6. The van der Waals surface area contributed by atoms with E-state index >= 15 is 0 Å². The Morgan fingerprint density at radius 2 is 1.50 bits per heavy atom. The summed E-state index contributed by atoms with van der Waals surface area (Å²) in [6.07, 6.45) is 1.94. The SMILES string of the molecule is C[C@@H](N=Cc1ccccc1)c1ccc2ccccc2c1. The van der Waals surface area contributed by atoms with Crippen LogP contribution >= 0.6 is 0 Å². The lowest BCUT2D eigenvalue weighted by Crippen LogP contribution is -1.91. The molecule has 0 aliphatic heterocycles. The fourth-order valence-corrected chi connectivity index (χ4v) is 2.29. The number of fused-ring (bicyclic) bond motifs is 1. The van der Waals surface area contributed by atoms with E-state index in [-0.39, 0.29) is 6.04 Å². The van der Waals surface area contributed by atoms with E-state index in [2.05, 4.69) is 66.5 Å². The van der Waals surface area contributed by atoms with Gasteiger partial charge in [0.1, 0.15) is 0 Å². The van der Waals surface area contributed by atoms with Crippen LogP contribution in [0.4, 0.5) is 0 Å². The van der Waals surface area contributed by atoms with E-state index in [1.807, 2.05) is 24.4 Å². The molecule has 0 heterocycles. The highest BCUT2D eigenvalue weighted by Gasteiger charge is 2.03. The van der Waals surface area contributed by atoms with Gasteiger partial charge in [0.25, 0.3) is 0 Å². The summed E-state index contributed by atoms with van der Waals surface area (Å²) in [5.41, 5.74) is 2.39. The van der Waals surface area contributed by atoms with Gasteiger partial charge in [0.05, 0.1) is 6.04 Å². The fraction of sp³-hybridized carbons (Fsp3) is 0.105. The smallest absolute Gasteiger partial charge is 0.0721 e. The van der Waals surface area contributed by atoms with Crippen LogP contribution in [0.5, 0.6) is 0 Å². The molecule has 0 bridgehead atoms. The molecule has 0 N–H and O–H groups in total. The van der Waals surface area contributed by atoms with Crippen LogP contribution in [-0.2, 0) is 0 Å². The third-order valence-electron chi connectivity index (χ3n) is 3.50. The van der Waals surface area contributed by atoms with Gasteiger partial charge in [-0.1, -0.05) is 66.7 Å². The molecular formula is C19H17N. The number of benzene rings is 3. The van der Waals surface area contributed by atoms with E-state index in [1.54, 1.807) is 0 Å². The lowest BCUT2D eigenvalue weighted by Gasteiger charge is -2.08. The summed E-state index contributed by atoms with van der Waals surface area (Å²) in [5.74, 6) is 0. The number of nitrogens with zero attached hydrogens (tertiary/aromatic N) is 1.